The summed E-state index contributed by atoms with van der Waals surface area (Å²) in [7, 11) is -4.92. The van der Waals surface area contributed by atoms with Crippen LogP contribution in [0.5, 0.6) is 0 Å². The Morgan fingerprint density at radius 3 is 1.14 bits per heavy atom. The molecule has 3 rings (SSSR count). The number of hydrogen-bond donors (Lipinski definition) is 5. The topological polar surface area (TPSA) is 204 Å². The maximum absolute atomic E-state index is 10.9. The molecule has 5 N–H and O–H groups in total. The van der Waals surface area contributed by atoms with Gasteiger partial charge in [0.1, 0.15) is 4.90 Å². The summed E-state index contributed by atoms with van der Waals surface area (Å²) in [4.78, 5) is 41.7. The van der Waals surface area contributed by atoms with E-state index in [9.17, 15) is 27.6 Å². The molecule has 11 nitrogen and oxygen atoms in total. The van der Waals surface area contributed by atoms with Gasteiger partial charge in [0, 0.05) is 0 Å². The van der Waals surface area contributed by atoms with Crippen LogP contribution in [0, 0.1) is 0 Å². The molecule has 0 saturated heterocycles. The maximum atomic E-state index is 10.9. The van der Waals surface area contributed by atoms with Crippen molar-refractivity contribution in [2.24, 2.45) is 0 Å². The summed E-state index contributed by atoms with van der Waals surface area (Å²) in [6, 6.07) is 15.8. The quantitative estimate of drug-likeness (QED) is 0.228. The number of rotatable bonds is 7. The number of benzene rings is 3. The zero-order valence-corrected chi connectivity index (χ0v) is 18.9. The van der Waals surface area contributed by atoms with E-state index in [1.54, 1.807) is 24.3 Å². The van der Waals surface area contributed by atoms with Gasteiger partial charge < -0.3 is 20.4 Å². The molecule has 0 amide bonds. The highest BCUT2D eigenvalue weighted by Crippen LogP contribution is 2.21. The van der Waals surface area contributed by atoms with Crippen molar-refractivity contribution in [2.75, 3.05) is 0 Å². The smallest absolute Gasteiger partial charge is 0.337 e. The first kappa shape index (κ1) is 27.4. The Bertz CT molecular complexity index is 1340. The van der Waals surface area contributed by atoms with Crippen LogP contribution in [0.1, 0.15) is 52.6 Å². The van der Waals surface area contributed by atoms with E-state index < -0.39 is 50.0 Å². The van der Waals surface area contributed by atoms with Gasteiger partial charge >= 0.3 is 23.9 Å². The number of carbonyl (C=O) groups is 4. The molecule has 0 heterocycles. The Morgan fingerprint density at radius 2 is 0.889 bits per heavy atom. The summed E-state index contributed by atoms with van der Waals surface area (Å²) in [6.45, 7) is 0. The first-order chi connectivity index (χ1) is 16.8. The molecular formula is C24H18O11S. The lowest BCUT2D eigenvalue weighted by molar-refractivity contribution is 0.0675. The van der Waals surface area contributed by atoms with E-state index in [0.29, 0.717) is 0 Å². The van der Waals surface area contributed by atoms with Crippen molar-refractivity contribution in [3.63, 3.8) is 0 Å². The van der Waals surface area contributed by atoms with E-state index in [-0.39, 0.29) is 11.1 Å². The van der Waals surface area contributed by atoms with Crippen LogP contribution in [-0.2, 0) is 10.1 Å². The third kappa shape index (κ3) is 7.35. The molecule has 36 heavy (non-hydrogen) atoms. The molecule has 0 saturated carbocycles. The standard InChI is InChI=1S/C16H12O4.C8H6O7S/c17-15(18)13-7-3-11(4-8-13)1-2-12-5-9-14(10-6-12)16(19)20;9-7(10)4-2-1-3-5(8(11)12)6(4)16(13,14)15/h1-10H,(H,17,18)(H,19,20);1-3H,(H,9,10)(H,11,12)(H,13,14,15). The minimum Gasteiger partial charge on any atom is -0.478 e. The largest absolute Gasteiger partial charge is 0.478 e. The highest BCUT2D eigenvalue weighted by atomic mass is 32.2. The van der Waals surface area contributed by atoms with Crippen molar-refractivity contribution in [2.45, 2.75) is 4.90 Å². The third-order valence-electron chi connectivity index (χ3n) is 4.52. The van der Waals surface area contributed by atoms with Gasteiger partial charge in [0.15, 0.2) is 0 Å². The summed E-state index contributed by atoms with van der Waals surface area (Å²) in [6.07, 6.45) is 3.67. The van der Waals surface area contributed by atoms with Crippen LogP contribution in [0.3, 0.4) is 0 Å². The SMILES string of the molecule is O=C(O)c1ccc(C=Cc2ccc(C(=O)O)cc2)cc1.O=C(O)c1cccc(C(=O)O)c1S(=O)(=O)O. The van der Waals surface area contributed by atoms with E-state index >= 15 is 0 Å². The van der Waals surface area contributed by atoms with Gasteiger partial charge in [-0.2, -0.15) is 8.42 Å². The van der Waals surface area contributed by atoms with Gasteiger partial charge in [-0.15, -0.1) is 0 Å². The number of aromatic carboxylic acids is 4. The van der Waals surface area contributed by atoms with Gasteiger partial charge in [0.25, 0.3) is 10.1 Å². The van der Waals surface area contributed by atoms with Crippen molar-refractivity contribution in [1.82, 2.24) is 0 Å². The normalized spacial score (nSPS) is 10.8. The lowest BCUT2D eigenvalue weighted by atomic mass is 10.1. The Morgan fingerprint density at radius 1 is 0.556 bits per heavy atom. The van der Waals surface area contributed by atoms with Gasteiger partial charge in [0.2, 0.25) is 0 Å². The molecular weight excluding hydrogens is 496 g/mol. The van der Waals surface area contributed by atoms with Crippen molar-refractivity contribution in [1.29, 1.82) is 0 Å². The first-order valence-corrected chi connectivity index (χ1v) is 11.2. The molecule has 0 aliphatic heterocycles. The van der Waals surface area contributed by atoms with E-state index in [4.69, 9.17) is 25.0 Å². The van der Waals surface area contributed by atoms with Crippen LogP contribution in [0.15, 0.2) is 71.6 Å². The lowest BCUT2D eigenvalue weighted by Gasteiger charge is -2.05. The van der Waals surface area contributed by atoms with E-state index in [0.717, 1.165) is 29.3 Å². The highest BCUT2D eigenvalue weighted by Gasteiger charge is 2.27. The molecule has 0 aliphatic rings. The molecule has 0 fully saturated rings. The molecule has 12 heteroatoms. The molecule has 0 radical (unpaired) electrons. The predicted octanol–water partition coefficient (Wildman–Crippen LogP) is 3.58. The van der Waals surface area contributed by atoms with Crippen molar-refractivity contribution in [3.05, 3.63) is 100 Å². The van der Waals surface area contributed by atoms with Gasteiger partial charge in [-0.05, 0) is 47.5 Å². The van der Waals surface area contributed by atoms with Crippen molar-refractivity contribution in [3.8, 4) is 0 Å². The highest BCUT2D eigenvalue weighted by molar-refractivity contribution is 7.86. The molecule has 0 aliphatic carbocycles. The summed E-state index contributed by atoms with van der Waals surface area (Å²) in [5, 5.41) is 34.9. The summed E-state index contributed by atoms with van der Waals surface area (Å²) < 4.78 is 30.6. The summed E-state index contributed by atoms with van der Waals surface area (Å²) in [5.74, 6) is -5.19. The first-order valence-electron chi connectivity index (χ1n) is 9.73. The van der Waals surface area contributed by atoms with Gasteiger partial charge in [-0.25, -0.2) is 19.2 Å². The second kappa shape index (κ2) is 11.6. The van der Waals surface area contributed by atoms with Gasteiger partial charge in [-0.3, -0.25) is 4.55 Å². The summed E-state index contributed by atoms with van der Waals surface area (Å²) in [5.41, 5.74) is 0.653. The van der Waals surface area contributed by atoms with Crippen LogP contribution in [-0.4, -0.2) is 57.3 Å². The third-order valence-corrected chi connectivity index (χ3v) is 5.47. The zero-order chi connectivity index (χ0) is 27.0. The second-order valence-electron chi connectivity index (χ2n) is 6.96. The minimum absolute atomic E-state index is 0.243. The van der Waals surface area contributed by atoms with Crippen LogP contribution in [0.4, 0.5) is 0 Å². The Balaban J connectivity index is 0.000000261. The Labute approximate surface area is 204 Å². The average molecular weight is 514 g/mol. The molecule has 3 aromatic carbocycles. The lowest BCUT2D eigenvalue weighted by Crippen LogP contribution is -2.14. The fourth-order valence-electron chi connectivity index (χ4n) is 2.82. The van der Waals surface area contributed by atoms with Gasteiger partial charge in [-0.1, -0.05) is 42.5 Å². The maximum Gasteiger partial charge on any atom is 0.337 e. The zero-order valence-electron chi connectivity index (χ0n) is 18.1. The molecule has 0 spiro atoms. The Hall–Kier alpha value is -4.81. The van der Waals surface area contributed by atoms with Crippen molar-refractivity contribution < 1.29 is 52.6 Å². The van der Waals surface area contributed by atoms with E-state index in [2.05, 4.69) is 0 Å². The van der Waals surface area contributed by atoms with Crippen LogP contribution in [0.25, 0.3) is 12.2 Å². The van der Waals surface area contributed by atoms with Crippen molar-refractivity contribution >= 4 is 46.1 Å². The molecule has 0 unspecified atom stereocenters. The second-order valence-corrected chi connectivity index (χ2v) is 8.31. The Kier molecular flexibility index (Phi) is 8.80. The van der Waals surface area contributed by atoms with E-state index in [1.165, 1.54) is 24.3 Å². The number of hydrogen-bond acceptors (Lipinski definition) is 6. The molecule has 186 valence electrons. The minimum atomic E-state index is -4.92. The number of carboxylic acids is 4. The number of carboxylic acid groups (broad SMARTS) is 4. The monoisotopic (exact) mass is 514 g/mol. The van der Waals surface area contributed by atoms with Crippen LogP contribution >= 0.6 is 0 Å². The molecule has 3 aromatic rings. The van der Waals surface area contributed by atoms with E-state index in [1.807, 2.05) is 12.2 Å². The average Bonchev–Trinajstić information content (AvgIpc) is 2.82. The van der Waals surface area contributed by atoms with Crippen LogP contribution < -0.4 is 0 Å². The summed E-state index contributed by atoms with van der Waals surface area (Å²) >= 11 is 0. The van der Waals surface area contributed by atoms with Crippen LogP contribution in [0.2, 0.25) is 0 Å². The molecule has 0 aromatic heterocycles. The predicted molar refractivity (Wildman–Crippen MR) is 126 cm³/mol. The van der Waals surface area contributed by atoms with Gasteiger partial charge in [0.05, 0.1) is 22.3 Å². The molecule has 0 atom stereocenters. The fraction of sp³-hybridized carbons (Fsp3) is 0. The fourth-order valence-corrected chi connectivity index (χ4v) is 3.68. The molecule has 0 bridgehead atoms.